The third-order valence-corrected chi connectivity index (χ3v) is 5.48. The van der Waals surface area contributed by atoms with Crippen molar-refractivity contribution >= 4 is 52.5 Å². The summed E-state index contributed by atoms with van der Waals surface area (Å²) in [6.45, 7) is 1.92. The number of hydrogen-bond donors (Lipinski definition) is 2. The largest absolute Gasteiger partial charge is 0.480 e. The second kappa shape index (κ2) is 10.0. The number of carboxylic acids is 1. The van der Waals surface area contributed by atoms with Crippen LogP contribution in [0.2, 0.25) is 10.0 Å². The number of halogens is 2. The SMILES string of the molecule is CC(=O)C(C(C)=O)C(SCCO)c1ccc(OCC(=O)O)c(Cl)c1Cl. The van der Waals surface area contributed by atoms with Crippen LogP contribution in [0.3, 0.4) is 0 Å². The van der Waals surface area contributed by atoms with Crippen LogP contribution in [0.5, 0.6) is 5.75 Å². The molecule has 0 heterocycles. The first-order chi connectivity index (χ1) is 11.7. The number of thioether (sulfide) groups is 1. The number of Topliss-reactive ketones (excluding diaryl/α,β-unsaturated/α-hetero) is 2. The second-order valence-corrected chi connectivity index (χ2v) is 7.18. The summed E-state index contributed by atoms with van der Waals surface area (Å²) in [5.41, 5.74) is 0.447. The lowest BCUT2D eigenvalue weighted by Crippen LogP contribution is -2.26. The molecular weight excluding hydrogens is 391 g/mol. The molecule has 1 aromatic rings. The van der Waals surface area contributed by atoms with E-state index in [1.807, 2.05) is 0 Å². The van der Waals surface area contributed by atoms with E-state index >= 15 is 0 Å². The lowest BCUT2D eigenvalue weighted by Gasteiger charge is -2.25. The minimum absolute atomic E-state index is 0.000805. The van der Waals surface area contributed by atoms with E-state index in [1.165, 1.54) is 31.7 Å². The van der Waals surface area contributed by atoms with Crippen LogP contribution in [-0.2, 0) is 14.4 Å². The molecule has 0 aromatic heterocycles. The fourth-order valence-electron chi connectivity index (χ4n) is 2.28. The third kappa shape index (κ3) is 5.88. The molecule has 138 valence electrons. The van der Waals surface area contributed by atoms with Crippen LogP contribution < -0.4 is 4.74 Å². The molecule has 0 fully saturated rings. The van der Waals surface area contributed by atoms with Gasteiger partial charge in [-0.3, -0.25) is 9.59 Å². The van der Waals surface area contributed by atoms with E-state index in [1.54, 1.807) is 6.07 Å². The first kappa shape index (κ1) is 21.8. The lowest BCUT2D eigenvalue weighted by molar-refractivity contribution is -0.139. The molecule has 0 saturated heterocycles. The van der Waals surface area contributed by atoms with E-state index in [-0.39, 0.29) is 34.0 Å². The van der Waals surface area contributed by atoms with Crippen LogP contribution in [0.25, 0.3) is 0 Å². The maximum absolute atomic E-state index is 11.9. The summed E-state index contributed by atoms with van der Waals surface area (Å²) < 4.78 is 5.05. The Hall–Kier alpha value is -1.28. The molecule has 0 aliphatic heterocycles. The van der Waals surface area contributed by atoms with E-state index in [9.17, 15) is 14.4 Å². The van der Waals surface area contributed by atoms with Gasteiger partial charge in [-0.15, -0.1) is 0 Å². The maximum Gasteiger partial charge on any atom is 0.341 e. The van der Waals surface area contributed by atoms with Gasteiger partial charge in [0.15, 0.2) is 6.61 Å². The number of aliphatic hydroxyl groups excluding tert-OH is 1. The summed E-state index contributed by atoms with van der Waals surface area (Å²) in [6, 6.07) is 2.98. The number of aliphatic hydroxyl groups is 1. The summed E-state index contributed by atoms with van der Waals surface area (Å²) in [7, 11) is 0. The van der Waals surface area contributed by atoms with Gasteiger partial charge in [0.05, 0.1) is 17.5 Å². The van der Waals surface area contributed by atoms with Gasteiger partial charge >= 0.3 is 5.97 Å². The van der Waals surface area contributed by atoms with Crippen LogP contribution in [0.4, 0.5) is 0 Å². The van der Waals surface area contributed by atoms with Crippen LogP contribution >= 0.6 is 35.0 Å². The molecule has 0 saturated carbocycles. The topological polar surface area (TPSA) is 101 Å². The predicted octanol–water partition coefficient (Wildman–Crippen LogP) is 3.02. The molecule has 0 bridgehead atoms. The van der Waals surface area contributed by atoms with Crippen molar-refractivity contribution < 1.29 is 29.3 Å². The van der Waals surface area contributed by atoms with Crippen LogP contribution in [0.1, 0.15) is 24.7 Å². The second-order valence-electron chi connectivity index (χ2n) is 5.18. The van der Waals surface area contributed by atoms with Crippen LogP contribution in [-0.4, -0.2) is 46.7 Å². The van der Waals surface area contributed by atoms with Gasteiger partial charge in [0.1, 0.15) is 22.3 Å². The highest BCUT2D eigenvalue weighted by atomic mass is 35.5. The minimum Gasteiger partial charge on any atom is -0.480 e. The molecular formula is C16H18Cl2O6S. The van der Waals surface area contributed by atoms with Crippen LogP contribution in [0.15, 0.2) is 12.1 Å². The minimum atomic E-state index is -1.17. The van der Waals surface area contributed by atoms with E-state index in [0.29, 0.717) is 11.3 Å². The molecule has 1 atom stereocenters. The fourth-order valence-corrected chi connectivity index (χ4v) is 4.15. The molecule has 0 aliphatic rings. The number of benzene rings is 1. The standard InChI is InChI=1S/C16H18Cl2O6S/c1-8(20)13(9(2)21)16(25-6-5-19)10-3-4-11(15(18)14(10)17)24-7-12(22)23/h3-4,13,16,19H,5-7H2,1-2H3,(H,22,23). The number of rotatable bonds is 10. The zero-order valence-corrected chi connectivity index (χ0v) is 16.0. The van der Waals surface area contributed by atoms with Gasteiger partial charge in [-0.05, 0) is 25.5 Å². The number of ketones is 2. The van der Waals surface area contributed by atoms with Crippen molar-refractivity contribution in [1.29, 1.82) is 0 Å². The average Bonchev–Trinajstić information content (AvgIpc) is 2.52. The number of carbonyl (C=O) groups is 3. The van der Waals surface area contributed by atoms with Gasteiger partial charge in [-0.25, -0.2) is 4.79 Å². The van der Waals surface area contributed by atoms with E-state index < -0.39 is 23.7 Å². The number of carbonyl (C=O) groups excluding carboxylic acids is 2. The Balaban J connectivity index is 3.30. The highest BCUT2D eigenvalue weighted by Gasteiger charge is 2.33. The molecule has 2 N–H and O–H groups in total. The highest BCUT2D eigenvalue weighted by molar-refractivity contribution is 7.99. The number of ether oxygens (including phenoxy) is 1. The molecule has 1 aromatic carbocycles. The van der Waals surface area contributed by atoms with E-state index in [0.717, 1.165) is 0 Å². The van der Waals surface area contributed by atoms with Crippen molar-refractivity contribution in [1.82, 2.24) is 0 Å². The van der Waals surface area contributed by atoms with Gasteiger partial charge in [-0.2, -0.15) is 11.8 Å². The van der Waals surface area contributed by atoms with E-state index in [2.05, 4.69) is 0 Å². The first-order valence-electron chi connectivity index (χ1n) is 7.26. The van der Waals surface area contributed by atoms with Gasteiger partial charge in [-0.1, -0.05) is 29.3 Å². The summed E-state index contributed by atoms with van der Waals surface area (Å²) in [5, 5.41) is 17.2. The molecule has 0 spiro atoms. The third-order valence-electron chi connectivity index (χ3n) is 3.30. The molecule has 6 nitrogen and oxygen atoms in total. The van der Waals surface area contributed by atoms with Crippen molar-refractivity contribution in [3.63, 3.8) is 0 Å². The Morgan fingerprint density at radius 2 is 1.76 bits per heavy atom. The van der Waals surface area contributed by atoms with Crippen molar-refractivity contribution in [2.45, 2.75) is 19.1 Å². The lowest BCUT2D eigenvalue weighted by atomic mass is 9.92. The Labute approximate surface area is 159 Å². The van der Waals surface area contributed by atoms with Crippen LogP contribution in [0, 0.1) is 5.92 Å². The quantitative estimate of drug-likeness (QED) is 0.573. The van der Waals surface area contributed by atoms with Crippen molar-refractivity contribution in [2.75, 3.05) is 19.0 Å². The normalized spacial score (nSPS) is 12.1. The smallest absolute Gasteiger partial charge is 0.341 e. The summed E-state index contributed by atoms with van der Waals surface area (Å²) in [6.07, 6.45) is 0. The Morgan fingerprint density at radius 3 is 2.24 bits per heavy atom. The Kier molecular flexibility index (Phi) is 8.71. The summed E-state index contributed by atoms with van der Waals surface area (Å²) >= 11 is 13.6. The molecule has 0 amide bonds. The van der Waals surface area contributed by atoms with Gasteiger partial charge in [0, 0.05) is 11.0 Å². The monoisotopic (exact) mass is 408 g/mol. The fraction of sp³-hybridized carbons (Fsp3) is 0.438. The summed E-state index contributed by atoms with van der Waals surface area (Å²) in [4.78, 5) is 34.5. The zero-order valence-electron chi connectivity index (χ0n) is 13.6. The number of carboxylic acid groups (broad SMARTS) is 1. The van der Waals surface area contributed by atoms with Crippen molar-refractivity contribution in [2.24, 2.45) is 5.92 Å². The highest BCUT2D eigenvalue weighted by Crippen LogP contribution is 2.45. The van der Waals surface area contributed by atoms with Crippen molar-refractivity contribution in [3.8, 4) is 5.75 Å². The number of hydrogen-bond acceptors (Lipinski definition) is 6. The average molecular weight is 409 g/mol. The summed E-state index contributed by atoms with van der Waals surface area (Å²) in [5.74, 6) is -2.35. The van der Waals surface area contributed by atoms with Crippen molar-refractivity contribution in [3.05, 3.63) is 27.7 Å². The van der Waals surface area contributed by atoms with Gasteiger partial charge in [0.25, 0.3) is 0 Å². The predicted molar refractivity (Wildman–Crippen MR) is 96.7 cm³/mol. The number of aliphatic carboxylic acids is 1. The molecule has 1 unspecified atom stereocenters. The van der Waals surface area contributed by atoms with Gasteiger partial charge in [0.2, 0.25) is 0 Å². The molecule has 1 rings (SSSR count). The van der Waals surface area contributed by atoms with Gasteiger partial charge < -0.3 is 14.9 Å². The first-order valence-corrected chi connectivity index (χ1v) is 9.07. The molecule has 0 radical (unpaired) electrons. The molecule has 25 heavy (non-hydrogen) atoms. The Bertz CT molecular complexity index is 650. The zero-order chi connectivity index (χ0) is 19.1. The Morgan fingerprint density at radius 1 is 1.16 bits per heavy atom. The molecule has 9 heteroatoms. The molecule has 0 aliphatic carbocycles. The van der Waals surface area contributed by atoms with E-state index in [4.69, 9.17) is 38.2 Å². The maximum atomic E-state index is 11.9.